The van der Waals surface area contributed by atoms with Gasteiger partial charge in [-0.2, -0.15) is 9.49 Å². The first-order valence-corrected chi connectivity index (χ1v) is 10.9. The molecule has 0 bridgehead atoms. The Morgan fingerprint density at radius 2 is 1.91 bits per heavy atom. The van der Waals surface area contributed by atoms with Crippen LogP contribution in [-0.4, -0.2) is 30.3 Å². The fourth-order valence-corrected chi connectivity index (χ4v) is 4.51. The van der Waals surface area contributed by atoms with E-state index in [1.54, 1.807) is 10.9 Å². The van der Waals surface area contributed by atoms with Crippen molar-refractivity contribution < 1.29 is 17.9 Å². The van der Waals surface area contributed by atoms with E-state index in [0.717, 1.165) is 22.1 Å². The van der Waals surface area contributed by atoms with E-state index in [4.69, 9.17) is 4.74 Å². The van der Waals surface area contributed by atoms with Crippen LogP contribution in [0.4, 0.5) is 13.2 Å². The van der Waals surface area contributed by atoms with Gasteiger partial charge in [-0.15, -0.1) is 0 Å². The van der Waals surface area contributed by atoms with Gasteiger partial charge in [0.2, 0.25) is 5.82 Å². The fraction of sp³-hybridized carbons (Fsp3) is 0.333. The molecule has 10 heteroatoms. The second kappa shape index (κ2) is 8.35. The predicted octanol–water partition coefficient (Wildman–Crippen LogP) is 4.24. The average molecular weight is 469 g/mol. The smallest absolute Gasteiger partial charge is 0.294 e. The zero-order valence-electron chi connectivity index (χ0n) is 18.8. The highest BCUT2D eigenvalue weighted by Crippen LogP contribution is 2.40. The van der Waals surface area contributed by atoms with Crippen LogP contribution in [-0.2, 0) is 11.8 Å². The second-order valence-corrected chi connectivity index (χ2v) is 8.70. The summed E-state index contributed by atoms with van der Waals surface area (Å²) in [5, 5.41) is 4.21. The van der Waals surface area contributed by atoms with Crippen molar-refractivity contribution in [2.75, 3.05) is 0 Å². The maximum absolute atomic E-state index is 14.8. The molecule has 0 aliphatic carbocycles. The Morgan fingerprint density at radius 3 is 2.62 bits per heavy atom. The molecule has 5 rings (SSSR count). The molecule has 1 saturated heterocycles. The minimum Gasteiger partial charge on any atom is -0.370 e. The van der Waals surface area contributed by atoms with E-state index < -0.39 is 23.0 Å². The molecular weight excluding hydrogens is 447 g/mol. The third-order valence-corrected chi connectivity index (χ3v) is 6.15. The normalized spacial score (nSPS) is 20.7. The Balaban J connectivity index is 1.69. The minimum absolute atomic E-state index is 0.00192. The van der Waals surface area contributed by atoms with Gasteiger partial charge in [0, 0.05) is 42.6 Å². The highest BCUT2D eigenvalue weighted by atomic mass is 19.1. The number of hydrogen-bond donors (Lipinski definition) is 0. The fourth-order valence-electron chi connectivity index (χ4n) is 4.51. The number of nitrogens with zero attached hydrogens (tertiary/aromatic N) is 5. The van der Waals surface area contributed by atoms with Crippen molar-refractivity contribution in [2.45, 2.75) is 44.8 Å². The molecule has 0 radical (unpaired) electrons. The summed E-state index contributed by atoms with van der Waals surface area (Å²) >= 11 is 0. The first kappa shape index (κ1) is 22.3. The van der Waals surface area contributed by atoms with E-state index in [-0.39, 0.29) is 40.7 Å². The van der Waals surface area contributed by atoms with Gasteiger partial charge < -0.3 is 4.74 Å². The van der Waals surface area contributed by atoms with Crippen LogP contribution in [0.1, 0.15) is 48.7 Å². The molecule has 1 aromatic carbocycles. The molecule has 0 N–H and O–H groups in total. The summed E-state index contributed by atoms with van der Waals surface area (Å²) in [5.74, 6) is -2.76. The predicted molar refractivity (Wildman–Crippen MR) is 118 cm³/mol. The maximum Gasteiger partial charge on any atom is 0.294 e. The minimum atomic E-state index is -0.992. The average Bonchev–Trinajstić information content (AvgIpc) is 3.23. The van der Waals surface area contributed by atoms with Gasteiger partial charge in [-0.05, 0) is 38.8 Å². The number of ether oxygens (including phenoxy) is 1. The van der Waals surface area contributed by atoms with E-state index in [1.165, 1.54) is 19.2 Å². The first-order valence-electron chi connectivity index (χ1n) is 10.9. The van der Waals surface area contributed by atoms with Gasteiger partial charge in [-0.3, -0.25) is 13.9 Å². The molecular formula is C24H22F3N5O2. The van der Waals surface area contributed by atoms with Crippen LogP contribution < -0.4 is 5.56 Å². The van der Waals surface area contributed by atoms with E-state index >= 15 is 0 Å². The lowest BCUT2D eigenvalue weighted by molar-refractivity contribution is -0.0506. The molecule has 34 heavy (non-hydrogen) atoms. The van der Waals surface area contributed by atoms with Crippen LogP contribution in [0.25, 0.3) is 16.9 Å². The molecule has 3 atom stereocenters. The van der Waals surface area contributed by atoms with Crippen LogP contribution in [0.15, 0.2) is 41.6 Å². The van der Waals surface area contributed by atoms with Gasteiger partial charge in [0.25, 0.3) is 5.56 Å². The summed E-state index contributed by atoms with van der Waals surface area (Å²) in [6.07, 6.45) is 5.82. The molecule has 0 amide bonds. The van der Waals surface area contributed by atoms with Crippen molar-refractivity contribution in [3.8, 4) is 11.3 Å². The summed E-state index contributed by atoms with van der Waals surface area (Å²) in [4.78, 5) is 21.6. The zero-order valence-corrected chi connectivity index (χ0v) is 18.8. The monoisotopic (exact) mass is 469 g/mol. The summed E-state index contributed by atoms with van der Waals surface area (Å²) < 4.78 is 51.7. The lowest BCUT2D eigenvalue weighted by atomic mass is 9.87. The number of rotatable bonds is 3. The highest BCUT2D eigenvalue weighted by Gasteiger charge is 2.32. The second-order valence-electron chi connectivity index (χ2n) is 8.70. The van der Waals surface area contributed by atoms with Gasteiger partial charge in [0.05, 0.1) is 29.8 Å². The van der Waals surface area contributed by atoms with Crippen LogP contribution in [0, 0.1) is 24.4 Å². The van der Waals surface area contributed by atoms with Gasteiger partial charge in [0.1, 0.15) is 17.3 Å². The van der Waals surface area contributed by atoms with Gasteiger partial charge in [0.15, 0.2) is 5.65 Å². The molecule has 0 saturated carbocycles. The number of fused-ring (bicyclic) bond motifs is 1. The number of aromatic nitrogens is 5. The summed E-state index contributed by atoms with van der Waals surface area (Å²) in [6, 6.07) is 3.09. The summed E-state index contributed by atoms with van der Waals surface area (Å²) in [7, 11) is 1.82. The number of aryl methyl sites for hydroxylation is 2. The van der Waals surface area contributed by atoms with Crippen molar-refractivity contribution in [3.05, 3.63) is 81.5 Å². The highest BCUT2D eigenvalue weighted by molar-refractivity contribution is 5.74. The standard InChI is InChI=1S/C24H22F3N5O2/c1-12-6-14(7-20(34-12)15-9-28-31(3)10-15)19-11-32-23(29-13(2)21(27)24(32)33)22(30-19)17-5-4-16(25)8-18(17)26/h4-5,8-12,14,20H,6-7H2,1-3H3/t12-,14+,20+/m1/s1. The molecule has 3 aromatic heterocycles. The third-order valence-electron chi connectivity index (χ3n) is 6.15. The van der Waals surface area contributed by atoms with Gasteiger partial charge in [-0.25, -0.2) is 18.7 Å². The van der Waals surface area contributed by atoms with Crippen LogP contribution in [0.5, 0.6) is 0 Å². The first-order chi connectivity index (χ1) is 16.2. The van der Waals surface area contributed by atoms with E-state index in [2.05, 4.69) is 15.1 Å². The number of halogens is 3. The quantitative estimate of drug-likeness (QED) is 0.449. The van der Waals surface area contributed by atoms with E-state index in [1.807, 2.05) is 20.2 Å². The van der Waals surface area contributed by atoms with Gasteiger partial charge >= 0.3 is 0 Å². The Labute approximate surface area is 192 Å². The van der Waals surface area contributed by atoms with Crippen molar-refractivity contribution in [2.24, 2.45) is 7.05 Å². The van der Waals surface area contributed by atoms with Crippen LogP contribution in [0.2, 0.25) is 0 Å². The largest absolute Gasteiger partial charge is 0.370 e. The molecule has 4 aromatic rings. The third kappa shape index (κ3) is 3.87. The Morgan fingerprint density at radius 1 is 1.12 bits per heavy atom. The molecule has 0 unspecified atom stereocenters. The van der Waals surface area contributed by atoms with Gasteiger partial charge in [-0.1, -0.05) is 0 Å². The molecule has 1 aliphatic rings. The summed E-state index contributed by atoms with van der Waals surface area (Å²) in [5.41, 5.74) is 0.378. The van der Waals surface area contributed by atoms with E-state index in [9.17, 15) is 18.0 Å². The Hall–Kier alpha value is -3.53. The molecule has 0 spiro atoms. The zero-order chi connectivity index (χ0) is 24.1. The van der Waals surface area contributed by atoms with Crippen molar-refractivity contribution in [1.82, 2.24) is 24.1 Å². The topological polar surface area (TPSA) is 74.3 Å². The lowest BCUT2D eigenvalue weighted by Gasteiger charge is -2.33. The SMILES string of the molecule is Cc1nc2c(-c3ccc(F)cc3F)nc([C@H]3C[C@@H](C)O[C@H](c4cnn(C)c4)C3)cn2c(=O)c1F. The van der Waals surface area contributed by atoms with Crippen LogP contribution >= 0.6 is 0 Å². The van der Waals surface area contributed by atoms with E-state index in [0.29, 0.717) is 18.5 Å². The van der Waals surface area contributed by atoms with Crippen molar-refractivity contribution in [1.29, 1.82) is 0 Å². The molecule has 1 fully saturated rings. The Bertz CT molecular complexity index is 1470. The van der Waals surface area contributed by atoms with Crippen molar-refractivity contribution in [3.63, 3.8) is 0 Å². The summed E-state index contributed by atoms with van der Waals surface area (Å²) in [6.45, 7) is 3.29. The number of benzene rings is 1. The molecule has 4 heterocycles. The Kier molecular flexibility index (Phi) is 5.47. The lowest BCUT2D eigenvalue weighted by Crippen LogP contribution is -2.27. The molecule has 1 aliphatic heterocycles. The molecule has 176 valence electrons. The number of hydrogen-bond acceptors (Lipinski definition) is 5. The van der Waals surface area contributed by atoms with Crippen molar-refractivity contribution >= 4 is 5.65 Å². The maximum atomic E-state index is 14.8. The molecule has 7 nitrogen and oxygen atoms in total. The van der Waals surface area contributed by atoms with Crippen LogP contribution in [0.3, 0.4) is 0 Å².